The minimum absolute atomic E-state index is 0. The first-order valence-corrected chi connectivity index (χ1v) is 2.96. The van der Waals surface area contributed by atoms with E-state index in [4.69, 9.17) is 5.11 Å². The smallest absolute Gasteiger partial charge is 0.116 e. The lowest BCUT2D eigenvalue weighted by molar-refractivity contribution is 0.474. The second kappa shape index (κ2) is 3.47. The molecule has 56 valence electrons. The Morgan fingerprint density at radius 3 is 1.70 bits per heavy atom. The lowest BCUT2D eigenvalue weighted by atomic mass is 10.1. The van der Waals surface area contributed by atoms with Crippen LogP contribution in [0.1, 0.15) is 11.1 Å². The van der Waals surface area contributed by atoms with Crippen LogP contribution in [0.2, 0.25) is 0 Å². The maximum atomic E-state index is 8.99. The Kier molecular flexibility index (Phi) is 3.23. The summed E-state index contributed by atoms with van der Waals surface area (Å²) in [6, 6.07) is 5.51. The summed E-state index contributed by atoms with van der Waals surface area (Å²) in [7, 11) is 0. The van der Waals surface area contributed by atoms with Crippen molar-refractivity contribution in [1.82, 2.24) is 0 Å². The van der Waals surface area contributed by atoms with Crippen LogP contribution in [-0.2, 0) is 0 Å². The van der Waals surface area contributed by atoms with Crippen LogP contribution in [0.3, 0.4) is 0 Å². The predicted octanol–water partition coefficient (Wildman–Crippen LogP) is 2.43. The average molecular weight is 159 g/mol. The van der Waals surface area contributed by atoms with Gasteiger partial charge in [0.05, 0.1) is 0 Å². The lowest BCUT2D eigenvalue weighted by Gasteiger charge is -1.95. The number of phenols is 1. The molecule has 0 saturated carbocycles. The van der Waals surface area contributed by atoms with Crippen molar-refractivity contribution < 1.29 is 5.11 Å². The molecule has 2 heteroatoms. The first kappa shape index (κ1) is 9.31. The van der Waals surface area contributed by atoms with Crippen molar-refractivity contribution in [1.29, 1.82) is 0 Å². The summed E-state index contributed by atoms with van der Waals surface area (Å²) in [4.78, 5) is 0. The fourth-order valence-corrected chi connectivity index (χ4v) is 0.951. The van der Waals surface area contributed by atoms with Crippen molar-refractivity contribution in [2.75, 3.05) is 0 Å². The fraction of sp³-hybridized carbons (Fsp3) is 0.250. The Balaban J connectivity index is 0.000000810. The molecule has 1 nitrogen and oxygen atoms in total. The molecule has 0 atom stereocenters. The van der Waals surface area contributed by atoms with Gasteiger partial charge in [-0.15, -0.1) is 12.4 Å². The van der Waals surface area contributed by atoms with E-state index in [1.807, 2.05) is 19.9 Å². The second-order valence-corrected chi connectivity index (χ2v) is 2.35. The van der Waals surface area contributed by atoms with Gasteiger partial charge in [0.2, 0.25) is 0 Å². The summed E-state index contributed by atoms with van der Waals surface area (Å²) in [5.41, 5.74) is 2.21. The molecule has 0 aromatic heterocycles. The molecular formula is C8H11ClO. The Morgan fingerprint density at radius 1 is 1.00 bits per heavy atom. The number of aryl methyl sites for hydroxylation is 2. The molecular weight excluding hydrogens is 148 g/mol. The van der Waals surface area contributed by atoms with E-state index in [1.165, 1.54) is 0 Å². The molecule has 1 N–H and O–H groups in total. The van der Waals surface area contributed by atoms with Crippen molar-refractivity contribution in [3.8, 4) is 5.75 Å². The summed E-state index contributed by atoms with van der Waals surface area (Å²) >= 11 is 0. The van der Waals surface area contributed by atoms with Crippen LogP contribution in [0.15, 0.2) is 18.2 Å². The number of aromatic hydroxyl groups is 1. The van der Waals surface area contributed by atoms with Crippen LogP contribution < -0.4 is 0 Å². The summed E-state index contributed by atoms with van der Waals surface area (Å²) in [6.45, 7) is 3.93. The topological polar surface area (TPSA) is 20.2 Å². The summed E-state index contributed by atoms with van der Waals surface area (Å²) in [5.74, 6) is 0.354. The lowest BCUT2D eigenvalue weighted by Crippen LogP contribution is -1.74. The minimum atomic E-state index is 0. The Bertz CT molecular complexity index is 170. The van der Waals surface area contributed by atoms with Gasteiger partial charge in [-0.3, -0.25) is 0 Å². The molecule has 0 amide bonds. The van der Waals surface area contributed by atoms with E-state index in [0.717, 1.165) is 11.1 Å². The highest BCUT2D eigenvalue weighted by Gasteiger charge is 1.89. The van der Waals surface area contributed by atoms with Gasteiger partial charge in [-0.05, 0) is 37.1 Å². The van der Waals surface area contributed by atoms with Gasteiger partial charge >= 0.3 is 0 Å². The molecule has 1 aromatic carbocycles. The Morgan fingerprint density at radius 2 is 1.40 bits per heavy atom. The van der Waals surface area contributed by atoms with Gasteiger partial charge in [0.1, 0.15) is 5.75 Å². The number of phenolic OH excluding ortho intramolecular Hbond substituents is 1. The van der Waals surface area contributed by atoms with Crippen molar-refractivity contribution in [3.05, 3.63) is 29.3 Å². The maximum absolute atomic E-state index is 8.99. The molecule has 0 saturated heterocycles. The standard InChI is InChI=1S/C8H10O.ClH/c1-6-3-7(2)5-8(9)4-6;/h3-5,9H,1-2H3;1H. The molecule has 0 aliphatic carbocycles. The SMILES string of the molecule is Cc1cc(C)cc(O)c1.Cl. The summed E-state index contributed by atoms with van der Waals surface area (Å²) in [6.07, 6.45) is 0. The van der Waals surface area contributed by atoms with E-state index >= 15 is 0 Å². The molecule has 0 unspecified atom stereocenters. The molecule has 0 aliphatic rings. The maximum Gasteiger partial charge on any atom is 0.116 e. The predicted molar refractivity (Wildman–Crippen MR) is 44.8 cm³/mol. The highest BCUT2D eigenvalue weighted by atomic mass is 35.5. The molecule has 0 fully saturated rings. The van der Waals surface area contributed by atoms with Gasteiger partial charge in [-0.1, -0.05) is 6.07 Å². The number of hydrogen-bond donors (Lipinski definition) is 1. The van der Waals surface area contributed by atoms with Crippen LogP contribution in [-0.4, -0.2) is 5.11 Å². The first-order chi connectivity index (χ1) is 4.18. The van der Waals surface area contributed by atoms with Crippen molar-refractivity contribution in [2.24, 2.45) is 0 Å². The van der Waals surface area contributed by atoms with E-state index in [1.54, 1.807) is 12.1 Å². The average Bonchev–Trinajstić information content (AvgIpc) is 1.59. The quantitative estimate of drug-likeness (QED) is 0.615. The van der Waals surface area contributed by atoms with E-state index in [9.17, 15) is 0 Å². The van der Waals surface area contributed by atoms with E-state index in [-0.39, 0.29) is 12.4 Å². The normalized spacial score (nSPS) is 8.60. The fourth-order valence-electron chi connectivity index (χ4n) is 0.951. The molecule has 0 heterocycles. The van der Waals surface area contributed by atoms with Gasteiger partial charge in [0.15, 0.2) is 0 Å². The molecule has 0 bridgehead atoms. The number of benzene rings is 1. The molecule has 10 heavy (non-hydrogen) atoms. The molecule has 0 spiro atoms. The zero-order valence-corrected chi connectivity index (χ0v) is 6.90. The Labute approximate surface area is 67.1 Å². The molecule has 0 radical (unpaired) electrons. The van der Waals surface area contributed by atoms with E-state index in [0.29, 0.717) is 5.75 Å². The highest BCUT2D eigenvalue weighted by molar-refractivity contribution is 5.85. The monoisotopic (exact) mass is 158 g/mol. The third kappa shape index (κ3) is 2.28. The van der Waals surface area contributed by atoms with Gasteiger partial charge in [0.25, 0.3) is 0 Å². The summed E-state index contributed by atoms with van der Waals surface area (Å²) in [5, 5.41) is 8.99. The number of hydrogen-bond acceptors (Lipinski definition) is 1. The van der Waals surface area contributed by atoms with Crippen LogP contribution in [0.5, 0.6) is 5.75 Å². The highest BCUT2D eigenvalue weighted by Crippen LogP contribution is 2.13. The third-order valence-corrected chi connectivity index (χ3v) is 1.21. The van der Waals surface area contributed by atoms with Crippen molar-refractivity contribution >= 4 is 12.4 Å². The van der Waals surface area contributed by atoms with E-state index < -0.39 is 0 Å². The van der Waals surface area contributed by atoms with Crippen LogP contribution in [0.4, 0.5) is 0 Å². The van der Waals surface area contributed by atoms with Crippen molar-refractivity contribution in [2.45, 2.75) is 13.8 Å². The Hall–Kier alpha value is -0.690. The van der Waals surface area contributed by atoms with Crippen LogP contribution in [0, 0.1) is 13.8 Å². The molecule has 1 rings (SSSR count). The van der Waals surface area contributed by atoms with Gasteiger partial charge in [0, 0.05) is 0 Å². The number of rotatable bonds is 0. The van der Waals surface area contributed by atoms with E-state index in [2.05, 4.69) is 0 Å². The van der Waals surface area contributed by atoms with Crippen LogP contribution in [0.25, 0.3) is 0 Å². The van der Waals surface area contributed by atoms with Crippen molar-refractivity contribution in [3.63, 3.8) is 0 Å². The first-order valence-electron chi connectivity index (χ1n) is 2.96. The molecule has 1 aromatic rings. The zero-order valence-electron chi connectivity index (χ0n) is 6.09. The molecule has 0 aliphatic heterocycles. The third-order valence-electron chi connectivity index (χ3n) is 1.21. The van der Waals surface area contributed by atoms with Gasteiger partial charge in [-0.2, -0.15) is 0 Å². The van der Waals surface area contributed by atoms with Gasteiger partial charge < -0.3 is 5.11 Å². The largest absolute Gasteiger partial charge is 0.508 e. The van der Waals surface area contributed by atoms with Gasteiger partial charge in [-0.25, -0.2) is 0 Å². The minimum Gasteiger partial charge on any atom is -0.508 e. The van der Waals surface area contributed by atoms with Crippen LogP contribution >= 0.6 is 12.4 Å². The summed E-state index contributed by atoms with van der Waals surface area (Å²) < 4.78 is 0. The number of halogens is 1. The zero-order chi connectivity index (χ0) is 6.85. The second-order valence-electron chi connectivity index (χ2n) is 2.35.